The quantitative estimate of drug-likeness (QED) is 0.195. The molecule has 44 heavy (non-hydrogen) atoms. The van der Waals surface area contributed by atoms with Crippen LogP contribution in [0.3, 0.4) is 0 Å². The Morgan fingerprint density at radius 3 is 1.59 bits per heavy atom. The first kappa shape index (κ1) is 26.4. The van der Waals surface area contributed by atoms with Crippen molar-refractivity contribution >= 4 is 33.8 Å². The molecule has 210 valence electrons. The fourth-order valence-corrected chi connectivity index (χ4v) is 9.41. The van der Waals surface area contributed by atoms with E-state index in [-0.39, 0.29) is 5.82 Å². The Morgan fingerprint density at radius 2 is 0.977 bits per heavy atom. The summed E-state index contributed by atoms with van der Waals surface area (Å²) in [5.41, 5.74) is 5.51. The molecule has 0 saturated heterocycles. The minimum Gasteiger partial charge on any atom is -0.309 e. The van der Waals surface area contributed by atoms with Crippen LogP contribution in [0.2, 0.25) is 0 Å². The van der Waals surface area contributed by atoms with Gasteiger partial charge in [0.05, 0.1) is 0 Å². The highest BCUT2D eigenvalue weighted by Crippen LogP contribution is 2.53. The third kappa shape index (κ3) is 4.12. The third-order valence-corrected chi connectivity index (χ3v) is 11.5. The Hall–Kier alpha value is -5.25. The molecule has 6 aromatic carbocycles. The average molecular weight is 590 g/mol. The van der Waals surface area contributed by atoms with Crippen molar-refractivity contribution in [3.8, 4) is 45.3 Å². The lowest BCUT2D eigenvalue weighted by Crippen LogP contribution is -2.21. The smallest absolute Gasteiger partial charge is 0.172 e. The number of aryl methyl sites for hydroxylation is 1. The zero-order valence-corrected chi connectivity index (χ0v) is 24.7. The molecule has 1 aliphatic heterocycles. The van der Waals surface area contributed by atoms with E-state index >= 15 is 4.57 Å². The second-order valence-corrected chi connectivity index (χ2v) is 13.7. The third-order valence-electron chi connectivity index (χ3n) is 8.31. The van der Waals surface area contributed by atoms with E-state index in [0.717, 1.165) is 54.5 Å². The van der Waals surface area contributed by atoms with E-state index in [1.165, 1.54) is 12.1 Å². The van der Waals surface area contributed by atoms with E-state index in [4.69, 9.17) is 15.0 Å². The first-order valence-corrected chi connectivity index (χ1v) is 16.1. The molecule has 0 unspecified atom stereocenters. The Labute approximate surface area is 254 Å². The van der Waals surface area contributed by atoms with Crippen LogP contribution in [0.4, 0.5) is 4.39 Å². The van der Waals surface area contributed by atoms with E-state index in [0.29, 0.717) is 23.0 Å². The van der Waals surface area contributed by atoms with Gasteiger partial charge in [0.2, 0.25) is 0 Å². The van der Waals surface area contributed by atoms with Crippen molar-refractivity contribution in [2.24, 2.45) is 0 Å². The van der Waals surface area contributed by atoms with Crippen molar-refractivity contribution in [2.45, 2.75) is 6.92 Å². The Balaban J connectivity index is 1.37. The fourth-order valence-electron chi connectivity index (χ4n) is 6.15. The predicted molar refractivity (Wildman–Crippen MR) is 177 cm³/mol. The zero-order valence-electron chi connectivity index (χ0n) is 23.8. The van der Waals surface area contributed by atoms with Crippen LogP contribution in [0.25, 0.3) is 56.1 Å². The maximum Gasteiger partial charge on any atom is 0.172 e. The van der Waals surface area contributed by atoms with Crippen molar-refractivity contribution in [2.75, 3.05) is 0 Å². The first-order valence-electron chi connectivity index (χ1n) is 14.4. The Bertz CT molecular complexity index is 2170. The first-order chi connectivity index (χ1) is 21.5. The molecule has 0 N–H and O–H groups in total. The molecule has 1 aliphatic rings. The Kier molecular flexibility index (Phi) is 6.11. The molecule has 1 aromatic heterocycles. The molecule has 0 radical (unpaired) electrons. The van der Waals surface area contributed by atoms with Gasteiger partial charge in [0.25, 0.3) is 0 Å². The molecule has 8 rings (SSSR count). The van der Waals surface area contributed by atoms with Gasteiger partial charge in [-0.2, -0.15) is 0 Å². The molecule has 7 aromatic rings. The van der Waals surface area contributed by atoms with Crippen molar-refractivity contribution in [1.82, 2.24) is 15.0 Å². The molecule has 0 atom stereocenters. The normalized spacial score (nSPS) is 13.0. The second-order valence-electron chi connectivity index (χ2n) is 11.0. The van der Waals surface area contributed by atoms with Crippen LogP contribution in [-0.2, 0) is 4.57 Å². The van der Waals surface area contributed by atoms with Crippen LogP contribution in [0.5, 0.6) is 0 Å². The summed E-state index contributed by atoms with van der Waals surface area (Å²) in [4.78, 5) is 14.6. The van der Waals surface area contributed by atoms with E-state index < -0.39 is 7.14 Å². The molecule has 0 saturated carbocycles. The summed E-state index contributed by atoms with van der Waals surface area (Å²) in [7, 11) is -3.17. The molecule has 6 heteroatoms. The highest BCUT2D eigenvalue weighted by atomic mass is 31.2. The number of rotatable bonds is 4. The van der Waals surface area contributed by atoms with Crippen molar-refractivity contribution in [3.05, 3.63) is 145 Å². The van der Waals surface area contributed by atoms with E-state index in [9.17, 15) is 4.39 Å². The highest BCUT2D eigenvalue weighted by Gasteiger charge is 2.40. The lowest BCUT2D eigenvalue weighted by Gasteiger charge is -2.19. The molecule has 0 aliphatic carbocycles. The van der Waals surface area contributed by atoms with E-state index in [1.54, 1.807) is 12.1 Å². The molecule has 0 spiro atoms. The lowest BCUT2D eigenvalue weighted by molar-refractivity contribution is 0.593. The average Bonchev–Trinajstić information content (AvgIpc) is 3.33. The van der Waals surface area contributed by atoms with Crippen molar-refractivity contribution in [1.29, 1.82) is 0 Å². The van der Waals surface area contributed by atoms with Crippen LogP contribution >= 0.6 is 7.14 Å². The van der Waals surface area contributed by atoms with Gasteiger partial charge in [0, 0.05) is 32.6 Å². The summed E-state index contributed by atoms with van der Waals surface area (Å²) in [5.74, 6) is 1.13. The van der Waals surface area contributed by atoms with Gasteiger partial charge in [0.1, 0.15) is 5.82 Å². The second kappa shape index (κ2) is 10.2. The van der Waals surface area contributed by atoms with Crippen LogP contribution in [0.1, 0.15) is 5.56 Å². The molecule has 0 bridgehead atoms. The number of hydrogen-bond donors (Lipinski definition) is 0. The Morgan fingerprint density at radius 1 is 0.477 bits per heavy atom. The van der Waals surface area contributed by atoms with Gasteiger partial charge in [-0.3, -0.25) is 0 Å². The molecule has 2 heterocycles. The van der Waals surface area contributed by atoms with Crippen LogP contribution < -0.4 is 15.9 Å². The summed E-state index contributed by atoms with van der Waals surface area (Å²) in [6, 6.07) is 42.2. The van der Waals surface area contributed by atoms with E-state index in [1.807, 2.05) is 104 Å². The van der Waals surface area contributed by atoms with Gasteiger partial charge in [-0.15, -0.1) is 0 Å². The fraction of sp³-hybridized carbons (Fsp3) is 0.0263. The molecule has 4 nitrogen and oxygen atoms in total. The maximum absolute atomic E-state index is 15.4. The van der Waals surface area contributed by atoms with Gasteiger partial charge in [-0.05, 0) is 65.2 Å². The van der Waals surface area contributed by atoms with Gasteiger partial charge in [-0.25, -0.2) is 19.3 Å². The summed E-state index contributed by atoms with van der Waals surface area (Å²) in [6.45, 7) is 2.03. The number of nitrogens with zero attached hydrogens (tertiary/aromatic N) is 3. The zero-order chi connectivity index (χ0) is 29.8. The number of benzene rings is 6. The maximum atomic E-state index is 15.4. The van der Waals surface area contributed by atoms with Crippen LogP contribution in [0, 0.1) is 12.7 Å². The van der Waals surface area contributed by atoms with Gasteiger partial charge < -0.3 is 4.57 Å². The summed E-state index contributed by atoms with van der Waals surface area (Å²) in [5, 5.41) is 4.30. The van der Waals surface area contributed by atoms with Gasteiger partial charge in [0.15, 0.2) is 24.6 Å². The number of fused-ring (bicyclic) bond motifs is 4. The monoisotopic (exact) mass is 589 g/mol. The van der Waals surface area contributed by atoms with Crippen molar-refractivity contribution < 1.29 is 8.96 Å². The standard InChI is InChI=1S/C38H25FN3OP/c1-24-14-16-25(17-15-24)36-40-37(26-18-20-27(39)21-19-26)42-38(41-36)32-22-23-35(29-9-3-2-8-28(29)32)44(43)33-12-6-4-10-30(33)31-11-5-7-13-34(31)44/h2-23H,1H3. The highest BCUT2D eigenvalue weighted by molar-refractivity contribution is 7.86. The van der Waals surface area contributed by atoms with Gasteiger partial charge in [-0.1, -0.05) is 103 Å². The number of hydrogen-bond acceptors (Lipinski definition) is 4. The molecular formula is C38H25FN3OP. The van der Waals surface area contributed by atoms with Crippen molar-refractivity contribution in [3.63, 3.8) is 0 Å². The number of aromatic nitrogens is 3. The molecule has 0 amide bonds. The minimum atomic E-state index is -3.17. The minimum absolute atomic E-state index is 0.326. The van der Waals surface area contributed by atoms with Crippen LogP contribution in [-0.4, -0.2) is 15.0 Å². The lowest BCUT2D eigenvalue weighted by atomic mass is 10.0. The van der Waals surface area contributed by atoms with Crippen LogP contribution in [0.15, 0.2) is 133 Å². The molecular weight excluding hydrogens is 564 g/mol. The van der Waals surface area contributed by atoms with E-state index in [2.05, 4.69) is 12.1 Å². The SMILES string of the molecule is Cc1ccc(-c2nc(-c3ccc(F)cc3)nc(-c3ccc(P4(=O)c5ccccc5-c5ccccc54)c4ccccc34)n2)cc1. The topological polar surface area (TPSA) is 55.7 Å². The van der Waals surface area contributed by atoms with Gasteiger partial charge >= 0.3 is 0 Å². The molecule has 0 fully saturated rings. The predicted octanol–water partition coefficient (Wildman–Crippen LogP) is 8.09. The summed E-state index contributed by atoms with van der Waals surface area (Å²) >= 11 is 0. The largest absolute Gasteiger partial charge is 0.309 e. The summed E-state index contributed by atoms with van der Waals surface area (Å²) in [6.07, 6.45) is 0. The summed E-state index contributed by atoms with van der Waals surface area (Å²) < 4.78 is 29.2. The number of halogens is 1.